The number of aryl methyl sites for hydroxylation is 1. The third-order valence-electron chi connectivity index (χ3n) is 4.33. The molecule has 2 aromatic heterocycles. The highest BCUT2D eigenvalue weighted by atomic mass is 16.3. The Labute approximate surface area is 160 Å². The van der Waals surface area contributed by atoms with Gasteiger partial charge in [0.15, 0.2) is 5.58 Å². The molecule has 0 aliphatic carbocycles. The molecule has 28 heavy (non-hydrogen) atoms. The molecule has 2 aromatic carbocycles. The smallest absolute Gasteiger partial charge is 0.273 e. The molecule has 0 saturated carbocycles. The number of rotatable bonds is 4. The summed E-state index contributed by atoms with van der Waals surface area (Å²) in [4.78, 5) is 28.7. The summed E-state index contributed by atoms with van der Waals surface area (Å²) in [6, 6.07) is 14.0. The number of oxazole rings is 1. The van der Waals surface area contributed by atoms with Crippen molar-refractivity contribution in [3.8, 4) is 11.5 Å². The van der Waals surface area contributed by atoms with Gasteiger partial charge in [0.05, 0.1) is 5.56 Å². The number of nitrogens with zero attached hydrogens (tertiary/aromatic N) is 3. The summed E-state index contributed by atoms with van der Waals surface area (Å²) in [6.45, 7) is 0. The average Bonchev–Trinajstić information content (AvgIpc) is 3.33. The zero-order chi connectivity index (χ0) is 19.7. The highest BCUT2D eigenvalue weighted by molar-refractivity contribution is 6.04. The molecule has 0 saturated heterocycles. The van der Waals surface area contributed by atoms with Crippen LogP contribution >= 0.6 is 0 Å². The highest BCUT2D eigenvalue weighted by Gasteiger charge is 2.16. The van der Waals surface area contributed by atoms with Gasteiger partial charge in [-0.05, 0) is 42.5 Å². The third-order valence-corrected chi connectivity index (χ3v) is 4.33. The van der Waals surface area contributed by atoms with Crippen molar-refractivity contribution in [1.82, 2.24) is 20.1 Å². The minimum Gasteiger partial charge on any atom is -0.435 e. The molecule has 0 atom stereocenters. The van der Waals surface area contributed by atoms with Crippen molar-refractivity contribution in [3.05, 3.63) is 66.0 Å². The van der Waals surface area contributed by atoms with Crippen LogP contribution in [0.2, 0.25) is 0 Å². The number of nitrogens with one attached hydrogen (secondary N) is 2. The Morgan fingerprint density at radius 2 is 1.82 bits per heavy atom. The summed E-state index contributed by atoms with van der Waals surface area (Å²) >= 11 is 0. The third kappa shape index (κ3) is 3.11. The van der Waals surface area contributed by atoms with E-state index in [1.807, 2.05) is 0 Å². The van der Waals surface area contributed by atoms with E-state index in [0.29, 0.717) is 33.9 Å². The first-order valence-electron chi connectivity index (χ1n) is 8.58. The van der Waals surface area contributed by atoms with E-state index < -0.39 is 0 Å². The van der Waals surface area contributed by atoms with Crippen molar-refractivity contribution in [2.24, 2.45) is 7.05 Å². The lowest BCUT2D eigenvalue weighted by atomic mass is 10.2. The summed E-state index contributed by atoms with van der Waals surface area (Å²) < 4.78 is 7.34. The number of carbonyl (C=O) groups is 2. The summed E-state index contributed by atoms with van der Waals surface area (Å²) in [5.74, 6) is -0.0813. The van der Waals surface area contributed by atoms with E-state index in [-0.39, 0.29) is 11.8 Å². The van der Waals surface area contributed by atoms with Gasteiger partial charge in [0.1, 0.15) is 11.2 Å². The zero-order valence-corrected chi connectivity index (χ0v) is 15.3. The summed E-state index contributed by atoms with van der Waals surface area (Å²) in [5, 5.41) is 9.39. The molecule has 0 unspecified atom stereocenters. The van der Waals surface area contributed by atoms with Crippen LogP contribution in [0.4, 0.5) is 5.69 Å². The Morgan fingerprint density at radius 3 is 2.50 bits per heavy atom. The minimum atomic E-state index is -0.246. The number of para-hydroxylation sites is 1. The van der Waals surface area contributed by atoms with E-state index in [4.69, 9.17) is 4.42 Å². The lowest BCUT2D eigenvalue weighted by Crippen LogP contribution is -2.17. The van der Waals surface area contributed by atoms with E-state index in [1.54, 1.807) is 68.8 Å². The van der Waals surface area contributed by atoms with Crippen LogP contribution in [0.15, 0.2) is 59.1 Å². The molecule has 0 spiro atoms. The van der Waals surface area contributed by atoms with Crippen LogP contribution in [-0.2, 0) is 7.05 Å². The number of fused-ring (bicyclic) bond motifs is 1. The molecule has 0 aliphatic heterocycles. The van der Waals surface area contributed by atoms with E-state index in [9.17, 15) is 9.59 Å². The highest BCUT2D eigenvalue weighted by Crippen LogP contribution is 2.27. The molecule has 2 heterocycles. The van der Waals surface area contributed by atoms with Gasteiger partial charge in [0.25, 0.3) is 11.8 Å². The molecule has 0 bridgehead atoms. The quantitative estimate of drug-likeness (QED) is 0.571. The van der Waals surface area contributed by atoms with Gasteiger partial charge < -0.3 is 15.1 Å². The predicted molar refractivity (Wildman–Crippen MR) is 104 cm³/mol. The van der Waals surface area contributed by atoms with Gasteiger partial charge in [-0.15, -0.1) is 0 Å². The SMILES string of the molecule is CNC(=O)c1cccc2nc(-c3ccc(NC(=O)c4ccnn4C)cc3)oc12. The van der Waals surface area contributed by atoms with Crippen LogP contribution in [0.3, 0.4) is 0 Å². The summed E-state index contributed by atoms with van der Waals surface area (Å²) in [7, 11) is 3.27. The number of hydrogen-bond acceptors (Lipinski definition) is 5. The number of benzene rings is 2. The van der Waals surface area contributed by atoms with Crippen molar-refractivity contribution in [3.63, 3.8) is 0 Å². The van der Waals surface area contributed by atoms with Gasteiger partial charge in [0, 0.05) is 31.5 Å². The molecule has 0 fully saturated rings. The Kier molecular flexibility index (Phi) is 4.36. The van der Waals surface area contributed by atoms with Crippen LogP contribution < -0.4 is 10.6 Å². The van der Waals surface area contributed by atoms with Crippen molar-refractivity contribution < 1.29 is 14.0 Å². The number of amides is 2. The maximum atomic E-state index is 12.3. The average molecular weight is 375 g/mol. The fraction of sp³-hybridized carbons (Fsp3) is 0.100. The van der Waals surface area contributed by atoms with Crippen LogP contribution in [0.25, 0.3) is 22.6 Å². The summed E-state index contributed by atoms with van der Waals surface area (Å²) in [5.41, 5.74) is 3.30. The van der Waals surface area contributed by atoms with Gasteiger partial charge in [-0.1, -0.05) is 6.07 Å². The Morgan fingerprint density at radius 1 is 1.04 bits per heavy atom. The Bertz CT molecular complexity index is 1170. The van der Waals surface area contributed by atoms with Crippen LogP contribution in [0.5, 0.6) is 0 Å². The van der Waals surface area contributed by atoms with E-state index in [0.717, 1.165) is 5.56 Å². The van der Waals surface area contributed by atoms with Crippen LogP contribution in [0.1, 0.15) is 20.8 Å². The fourth-order valence-electron chi connectivity index (χ4n) is 2.87. The van der Waals surface area contributed by atoms with Crippen molar-refractivity contribution in [2.45, 2.75) is 0 Å². The standard InChI is InChI=1S/C20H17N5O3/c1-21-18(26)14-4-3-5-15-17(14)28-20(24-15)12-6-8-13(9-7-12)23-19(27)16-10-11-22-25(16)2/h3-11H,1-2H3,(H,21,26)(H,23,27). The number of carbonyl (C=O) groups excluding carboxylic acids is 2. The zero-order valence-electron chi connectivity index (χ0n) is 15.3. The minimum absolute atomic E-state index is 0.235. The second-order valence-corrected chi connectivity index (χ2v) is 6.12. The van der Waals surface area contributed by atoms with E-state index >= 15 is 0 Å². The second-order valence-electron chi connectivity index (χ2n) is 6.12. The monoisotopic (exact) mass is 375 g/mol. The van der Waals surface area contributed by atoms with Gasteiger partial charge in [-0.2, -0.15) is 5.10 Å². The number of hydrogen-bond donors (Lipinski definition) is 2. The molecule has 140 valence electrons. The molecule has 2 amide bonds. The Balaban J connectivity index is 1.60. The number of aromatic nitrogens is 3. The lowest BCUT2D eigenvalue weighted by Gasteiger charge is -2.05. The Hall–Kier alpha value is -3.94. The van der Waals surface area contributed by atoms with Gasteiger partial charge in [-0.25, -0.2) is 4.98 Å². The first-order chi connectivity index (χ1) is 13.6. The van der Waals surface area contributed by atoms with Gasteiger partial charge in [-0.3, -0.25) is 14.3 Å². The first-order valence-corrected chi connectivity index (χ1v) is 8.58. The molecule has 4 rings (SSSR count). The maximum Gasteiger partial charge on any atom is 0.273 e. The molecule has 0 radical (unpaired) electrons. The fourth-order valence-corrected chi connectivity index (χ4v) is 2.87. The lowest BCUT2D eigenvalue weighted by molar-refractivity contribution is 0.0962. The molecule has 8 nitrogen and oxygen atoms in total. The predicted octanol–water partition coefficient (Wildman–Crippen LogP) is 2.84. The number of anilines is 1. The van der Waals surface area contributed by atoms with Crippen molar-refractivity contribution in [1.29, 1.82) is 0 Å². The largest absolute Gasteiger partial charge is 0.435 e. The van der Waals surface area contributed by atoms with Gasteiger partial charge >= 0.3 is 0 Å². The van der Waals surface area contributed by atoms with E-state index in [2.05, 4.69) is 20.7 Å². The maximum absolute atomic E-state index is 12.3. The van der Waals surface area contributed by atoms with Crippen molar-refractivity contribution in [2.75, 3.05) is 12.4 Å². The molecular formula is C20H17N5O3. The molecule has 8 heteroatoms. The van der Waals surface area contributed by atoms with Gasteiger partial charge in [0.2, 0.25) is 5.89 Å². The molecule has 2 N–H and O–H groups in total. The van der Waals surface area contributed by atoms with E-state index in [1.165, 1.54) is 4.68 Å². The van der Waals surface area contributed by atoms with Crippen molar-refractivity contribution >= 4 is 28.6 Å². The molecule has 0 aliphatic rings. The molecule has 4 aromatic rings. The first kappa shape index (κ1) is 17.5. The second kappa shape index (κ2) is 6.99. The molecular weight excluding hydrogens is 358 g/mol. The normalized spacial score (nSPS) is 10.8. The summed E-state index contributed by atoms with van der Waals surface area (Å²) in [6.07, 6.45) is 1.57. The van der Waals surface area contributed by atoms with Crippen LogP contribution in [-0.4, -0.2) is 33.6 Å². The topological polar surface area (TPSA) is 102 Å². The van der Waals surface area contributed by atoms with Crippen LogP contribution in [0, 0.1) is 0 Å².